The van der Waals surface area contributed by atoms with Crippen LogP contribution in [-0.4, -0.2) is 101 Å². The van der Waals surface area contributed by atoms with E-state index in [1.807, 2.05) is 19.0 Å². The number of hydrogen-bond acceptors (Lipinski definition) is 9. The zero-order valence-corrected chi connectivity index (χ0v) is 24.6. The number of likely N-dealkylation sites (tertiary alicyclic amines) is 1. The van der Waals surface area contributed by atoms with Crippen molar-refractivity contribution in [1.29, 1.82) is 0 Å². The highest BCUT2D eigenvalue weighted by atomic mass is 16.4. The first kappa shape index (κ1) is 28.5. The maximum absolute atomic E-state index is 13.7. The Bertz CT molecular complexity index is 1460. The number of phenols is 1. The van der Waals surface area contributed by atoms with Crippen molar-refractivity contribution in [1.82, 2.24) is 9.80 Å². The number of Topliss-reactive ketones (excluding diaryl/α,β-unsaturated/α-hetero) is 1. The molecule has 2 amide bonds. The van der Waals surface area contributed by atoms with Gasteiger partial charge in [0.25, 0.3) is 11.8 Å². The standard InChI is InChI=1S/C31H40N4O7/c1-33(2)21-14-19(29(41)35-9-7-30(5-6-30)8-10-35)24(36)18-13-16-15(11-17(18)21)12-20-23(34(3)4)25(37)22(28(32)40)27(39)31(20,42)26(16)38/h14-15,20,23,36,38-39,42H,5-13H2,1-4H3,(H2,32,40)/t15-,20-,23-,31-/m0/s1. The minimum atomic E-state index is -2.41. The Kier molecular flexibility index (Phi) is 6.44. The maximum Gasteiger partial charge on any atom is 0.257 e. The van der Waals surface area contributed by atoms with Gasteiger partial charge in [-0.1, -0.05) is 0 Å². The Morgan fingerprint density at radius 3 is 2.19 bits per heavy atom. The first-order chi connectivity index (χ1) is 19.7. The van der Waals surface area contributed by atoms with Crippen molar-refractivity contribution < 1.29 is 34.8 Å². The van der Waals surface area contributed by atoms with Gasteiger partial charge in [-0.25, -0.2) is 0 Å². The van der Waals surface area contributed by atoms with Crippen LogP contribution in [0.1, 0.15) is 53.6 Å². The van der Waals surface area contributed by atoms with E-state index >= 15 is 0 Å². The van der Waals surface area contributed by atoms with Gasteiger partial charge in [0.15, 0.2) is 11.4 Å². The van der Waals surface area contributed by atoms with E-state index in [-0.39, 0.29) is 36.0 Å². The fourth-order valence-electron chi connectivity index (χ4n) is 7.98. The molecule has 0 bridgehead atoms. The molecule has 4 atom stereocenters. The third-order valence-electron chi connectivity index (χ3n) is 10.6. The van der Waals surface area contributed by atoms with E-state index in [1.54, 1.807) is 30.0 Å². The van der Waals surface area contributed by atoms with Crippen LogP contribution in [0, 0.1) is 17.3 Å². The molecule has 0 aromatic heterocycles. The maximum atomic E-state index is 13.7. The smallest absolute Gasteiger partial charge is 0.257 e. The summed E-state index contributed by atoms with van der Waals surface area (Å²) in [7, 11) is 7.00. The van der Waals surface area contributed by atoms with E-state index in [0.29, 0.717) is 36.1 Å². The molecular formula is C31H40N4O7. The normalized spacial score (nSPS) is 29.8. The first-order valence-electron chi connectivity index (χ1n) is 14.6. The molecule has 226 valence electrons. The highest BCUT2D eigenvalue weighted by Crippen LogP contribution is 2.55. The highest BCUT2D eigenvalue weighted by Gasteiger charge is 2.61. The molecule has 0 radical (unpaired) electrons. The number of likely N-dealkylation sites (N-methyl/N-ethyl adjacent to an activating group) is 1. The van der Waals surface area contributed by atoms with Crippen LogP contribution in [0.2, 0.25) is 0 Å². The van der Waals surface area contributed by atoms with Crippen molar-refractivity contribution in [2.75, 3.05) is 46.2 Å². The number of rotatable bonds is 4. The summed E-state index contributed by atoms with van der Waals surface area (Å²) in [6.07, 6.45) is 4.99. The molecule has 11 heteroatoms. The molecule has 0 unspecified atom stereocenters. The third-order valence-corrected chi connectivity index (χ3v) is 10.6. The van der Waals surface area contributed by atoms with E-state index < -0.39 is 46.3 Å². The molecule has 1 saturated heterocycles. The van der Waals surface area contributed by atoms with Crippen LogP contribution in [0.3, 0.4) is 0 Å². The molecule has 1 saturated carbocycles. The number of benzene rings is 1. The van der Waals surface area contributed by atoms with Gasteiger partial charge in [-0.05, 0) is 81.2 Å². The van der Waals surface area contributed by atoms with Crippen LogP contribution in [0.25, 0.3) is 0 Å². The Morgan fingerprint density at radius 1 is 1.00 bits per heavy atom. The lowest BCUT2D eigenvalue weighted by Crippen LogP contribution is -2.62. The van der Waals surface area contributed by atoms with Crippen molar-refractivity contribution in [3.63, 3.8) is 0 Å². The van der Waals surface area contributed by atoms with Crippen molar-refractivity contribution >= 4 is 23.3 Å². The number of aromatic hydroxyl groups is 1. The number of hydrogen-bond donors (Lipinski definition) is 5. The van der Waals surface area contributed by atoms with Crippen molar-refractivity contribution in [3.8, 4) is 5.75 Å². The van der Waals surface area contributed by atoms with Crippen LogP contribution < -0.4 is 10.6 Å². The van der Waals surface area contributed by atoms with Crippen LogP contribution in [0.4, 0.5) is 5.69 Å². The van der Waals surface area contributed by atoms with Crippen LogP contribution >= 0.6 is 0 Å². The minimum Gasteiger partial charge on any atom is -0.509 e. The molecule has 1 spiro atoms. The molecule has 4 aliphatic carbocycles. The second-order valence-corrected chi connectivity index (χ2v) is 13.4. The van der Waals surface area contributed by atoms with Gasteiger partial charge in [-0.3, -0.25) is 19.3 Å². The molecule has 6 N–H and O–H groups in total. The quantitative estimate of drug-likeness (QED) is 0.332. The van der Waals surface area contributed by atoms with Gasteiger partial charge in [-0.2, -0.15) is 0 Å². The van der Waals surface area contributed by atoms with E-state index in [4.69, 9.17) is 5.73 Å². The lowest BCUT2D eigenvalue weighted by molar-refractivity contribution is -0.136. The van der Waals surface area contributed by atoms with Crippen LogP contribution in [-0.2, 0) is 22.4 Å². The number of phenolic OH excluding ortho intramolecular Hbond substituents is 1. The summed E-state index contributed by atoms with van der Waals surface area (Å²) in [5, 5.41) is 46.2. The summed E-state index contributed by atoms with van der Waals surface area (Å²) >= 11 is 0. The number of piperidine rings is 1. The molecule has 1 aromatic rings. The molecule has 11 nitrogen and oxygen atoms in total. The number of fused-ring (bicyclic) bond motifs is 3. The Hall–Kier alpha value is -3.57. The number of nitrogens with zero attached hydrogens (tertiary/aromatic N) is 3. The van der Waals surface area contributed by atoms with Gasteiger partial charge in [0.2, 0.25) is 0 Å². The number of ketones is 1. The average Bonchev–Trinajstić information content (AvgIpc) is 3.68. The lowest BCUT2D eigenvalue weighted by Gasteiger charge is -2.51. The van der Waals surface area contributed by atoms with Crippen LogP contribution in [0.15, 0.2) is 28.7 Å². The Balaban J connectivity index is 1.45. The van der Waals surface area contributed by atoms with E-state index in [1.165, 1.54) is 12.8 Å². The molecular weight excluding hydrogens is 540 g/mol. The van der Waals surface area contributed by atoms with E-state index in [0.717, 1.165) is 24.1 Å². The zero-order valence-electron chi connectivity index (χ0n) is 24.6. The van der Waals surface area contributed by atoms with Crippen molar-refractivity contribution in [2.45, 2.75) is 56.6 Å². The molecule has 2 fully saturated rings. The SMILES string of the molecule is CN(C)c1cc(C(=O)N2CCC3(CC2)CC3)c(O)c2c1C[C@H]1C[C@H]3[C@H](N(C)C)C(=O)C(C(N)=O)=C(O)[C@@]3(O)C(O)=C1C2. The van der Waals surface area contributed by atoms with Gasteiger partial charge in [0.1, 0.15) is 22.8 Å². The van der Waals surface area contributed by atoms with Gasteiger partial charge in [0, 0.05) is 50.8 Å². The monoisotopic (exact) mass is 580 g/mol. The zero-order chi connectivity index (χ0) is 30.5. The number of carbonyl (C=O) groups is 3. The largest absolute Gasteiger partial charge is 0.509 e. The highest BCUT2D eigenvalue weighted by molar-refractivity contribution is 6.22. The van der Waals surface area contributed by atoms with E-state index in [9.17, 15) is 34.8 Å². The van der Waals surface area contributed by atoms with Gasteiger partial charge >= 0.3 is 0 Å². The minimum absolute atomic E-state index is 0.0253. The van der Waals surface area contributed by atoms with Gasteiger partial charge < -0.3 is 36.0 Å². The average molecular weight is 581 g/mol. The number of aliphatic hydroxyl groups excluding tert-OH is 2. The van der Waals surface area contributed by atoms with E-state index in [2.05, 4.69) is 0 Å². The number of amides is 2. The number of primary amides is 1. The second kappa shape index (κ2) is 9.47. The molecule has 5 aliphatic rings. The number of allylic oxidation sites excluding steroid dienone is 1. The van der Waals surface area contributed by atoms with Gasteiger partial charge in [0.05, 0.1) is 11.6 Å². The summed E-state index contributed by atoms with van der Waals surface area (Å²) in [4.78, 5) is 44.5. The molecule has 1 heterocycles. The lowest BCUT2D eigenvalue weighted by atomic mass is 9.59. The third kappa shape index (κ3) is 3.96. The summed E-state index contributed by atoms with van der Waals surface area (Å²) in [6.45, 7) is 1.29. The molecule has 42 heavy (non-hydrogen) atoms. The van der Waals surface area contributed by atoms with Crippen molar-refractivity contribution in [2.24, 2.45) is 23.0 Å². The number of anilines is 1. The first-order valence-corrected chi connectivity index (χ1v) is 14.6. The fraction of sp³-hybridized carbons (Fsp3) is 0.581. The Morgan fingerprint density at radius 2 is 1.64 bits per heavy atom. The number of carbonyl (C=O) groups excluding carboxylic acids is 3. The second-order valence-electron chi connectivity index (χ2n) is 13.4. The topological polar surface area (TPSA) is 168 Å². The fourth-order valence-corrected chi connectivity index (χ4v) is 7.98. The summed E-state index contributed by atoms with van der Waals surface area (Å²) < 4.78 is 0. The molecule has 6 rings (SSSR count). The summed E-state index contributed by atoms with van der Waals surface area (Å²) in [5.41, 5.74) is 5.39. The summed E-state index contributed by atoms with van der Waals surface area (Å²) in [5.74, 6) is -5.04. The van der Waals surface area contributed by atoms with Crippen LogP contribution in [0.5, 0.6) is 5.75 Å². The summed E-state index contributed by atoms with van der Waals surface area (Å²) in [6, 6.07) is 0.728. The number of nitrogens with two attached hydrogens (primary N) is 1. The number of aliphatic hydroxyl groups is 3. The van der Waals surface area contributed by atoms with Gasteiger partial charge in [-0.15, -0.1) is 0 Å². The Labute approximate surface area is 244 Å². The predicted octanol–water partition coefficient (Wildman–Crippen LogP) is 1.56. The molecule has 1 aliphatic heterocycles. The molecule has 1 aromatic carbocycles. The predicted molar refractivity (Wildman–Crippen MR) is 154 cm³/mol. The van der Waals surface area contributed by atoms with Crippen molar-refractivity contribution in [3.05, 3.63) is 45.4 Å².